The van der Waals surface area contributed by atoms with Gasteiger partial charge in [0.25, 0.3) is 5.91 Å². The summed E-state index contributed by atoms with van der Waals surface area (Å²) >= 11 is 0. The minimum Gasteiger partial charge on any atom is -0.339 e. The van der Waals surface area contributed by atoms with Gasteiger partial charge in [-0.15, -0.1) is 6.58 Å². The van der Waals surface area contributed by atoms with Gasteiger partial charge >= 0.3 is 6.03 Å². The summed E-state index contributed by atoms with van der Waals surface area (Å²) in [5.74, 6) is 0.168. The van der Waals surface area contributed by atoms with Gasteiger partial charge in [-0.2, -0.15) is 0 Å². The van der Waals surface area contributed by atoms with Crippen molar-refractivity contribution in [2.45, 2.75) is 32.6 Å². The summed E-state index contributed by atoms with van der Waals surface area (Å²) in [5, 5.41) is 2.81. The van der Waals surface area contributed by atoms with Crippen LogP contribution >= 0.6 is 0 Å². The van der Waals surface area contributed by atoms with Crippen LogP contribution in [0.2, 0.25) is 0 Å². The summed E-state index contributed by atoms with van der Waals surface area (Å²) in [4.78, 5) is 47.1. The van der Waals surface area contributed by atoms with Crippen molar-refractivity contribution in [3.63, 3.8) is 0 Å². The van der Waals surface area contributed by atoms with Crippen LogP contribution in [0.25, 0.3) is 0 Å². The van der Waals surface area contributed by atoms with Gasteiger partial charge in [-0.1, -0.05) is 6.08 Å². The molecule has 2 fully saturated rings. The molecular weight excluding hydrogens is 382 g/mol. The third kappa shape index (κ3) is 4.98. The third-order valence-electron chi connectivity index (χ3n) is 5.87. The van der Waals surface area contributed by atoms with Crippen molar-refractivity contribution in [3.8, 4) is 0 Å². The summed E-state index contributed by atoms with van der Waals surface area (Å²) in [6.07, 6.45) is 3.21. The van der Waals surface area contributed by atoms with Gasteiger partial charge in [-0.25, -0.2) is 4.79 Å². The number of hydrogen-bond donors (Lipinski definition) is 1. The van der Waals surface area contributed by atoms with Crippen molar-refractivity contribution < 1.29 is 14.4 Å². The highest BCUT2D eigenvalue weighted by Crippen LogP contribution is 2.30. The van der Waals surface area contributed by atoms with Gasteiger partial charge in [0.15, 0.2) is 0 Å². The Hall–Kier alpha value is -2.90. The highest BCUT2D eigenvalue weighted by atomic mass is 16.2. The largest absolute Gasteiger partial charge is 0.339 e. The highest BCUT2D eigenvalue weighted by molar-refractivity contribution is 5.95. The number of piperazine rings is 1. The van der Waals surface area contributed by atoms with Crippen LogP contribution in [0.15, 0.2) is 24.8 Å². The van der Waals surface area contributed by atoms with E-state index in [9.17, 15) is 14.4 Å². The number of aromatic nitrogens is 1. The lowest BCUT2D eigenvalue weighted by atomic mass is 9.89. The number of urea groups is 1. The number of hydrogen-bond acceptors (Lipinski definition) is 4. The second kappa shape index (κ2) is 9.73. The van der Waals surface area contributed by atoms with Crippen LogP contribution in [0.5, 0.6) is 0 Å². The molecular formula is C22H31N5O3. The predicted molar refractivity (Wildman–Crippen MR) is 114 cm³/mol. The van der Waals surface area contributed by atoms with E-state index in [2.05, 4.69) is 11.9 Å². The SMILES string of the molecule is C=CCNC(=O)N1CCC(c2nc(C)ccc2C(=O)N2CCN(C(C)=O)CC2)CC1. The van der Waals surface area contributed by atoms with E-state index >= 15 is 0 Å². The van der Waals surface area contributed by atoms with Crippen LogP contribution in [0, 0.1) is 6.92 Å². The lowest BCUT2D eigenvalue weighted by molar-refractivity contribution is -0.130. The second-order valence-electron chi connectivity index (χ2n) is 7.92. The number of carbonyl (C=O) groups is 3. The maximum absolute atomic E-state index is 13.2. The lowest BCUT2D eigenvalue weighted by Gasteiger charge is -2.35. The summed E-state index contributed by atoms with van der Waals surface area (Å²) in [6, 6.07) is 3.67. The Morgan fingerprint density at radius 1 is 1.07 bits per heavy atom. The van der Waals surface area contributed by atoms with E-state index in [-0.39, 0.29) is 23.8 Å². The van der Waals surface area contributed by atoms with Gasteiger partial charge < -0.3 is 20.0 Å². The molecule has 162 valence electrons. The van der Waals surface area contributed by atoms with Gasteiger partial charge in [-0.3, -0.25) is 14.6 Å². The first-order valence-corrected chi connectivity index (χ1v) is 10.6. The first-order chi connectivity index (χ1) is 14.4. The van der Waals surface area contributed by atoms with Gasteiger partial charge in [0.05, 0.1) is 11.3 Å². The van der Waals surface area contributed by atoms with Crippen LogP contribution in [-0.2, 0) is 4.79 Å². The molecule has 0 radical (unpaired) electrons. The van der Waals surface area contributed by atoms with Crippen LogP contribution in [0.1, 0.15) is 47.4 Å². The van der Waals surface area contributed by atoms with Crippen molar-refractivity contribution in [2.24, 2.45) is 0 Å². The molecule has 0 unspecified atom stereocenters. The standard InChI is InChI=1S/C22H31N5O3/c1-4-9-23-22(30)27-10-7-18(8-11-27)20-19(6-5-16(2)24-20)21(29)26-14-12-25(13-15-26)17(3)28/h4-6,18H,1,7-15H2,2-3H3,(H,23,30). The zero-order valence-electron chi connectivity index (χ0n) is 17.9. The minimum atomic E-state index is -0.0785. The Morgan fingerprint density at radius 2 is 1.70 bits per heavy atom. The minimum absolute atomic E-state index is 0.0214. The fraction of sp³-hybridized carbons (Fsp3) is 0.545. The monoisotopic (exact) mass is 413 g/mol. The molecule has 1 aromatic rings. The van der Waals surface area contributed by atoms with Crippen molar-refractivity contribution in [2.75, 3.05) is 45.8 Å². The van der Waals surface area contributed by atoms with E-state index in [1.54, 1.807) is 22.8 Å². The van der Waals surface area contributed by atoms with E-state index in [0.29, 0.717) is 51.4 Å². The van der Waals surface area contributed by atoms with Gasteiger partial charge in [0.2, 0.25) is 5.91 Å². The zero-order valence-corrected chi connectivity index (χ0v) is 17.9. The quantitative estimate of drug-likeness (QED) is 0.763. The molecule has 1 N–H and O–H groups in total. The van der Waals surface area contributed by atoms with Crippen molar-refractivity contribution >= 4 is 17.8 Å². The average molecular weight is 414 g/mol. The fourth-order valence-electron chi connectivity index (χ4n) is 4.09. The normalized spacial score (nSPS) is 17.6. The molecule has 2 aliphatic heterocycles. The molecule has 0 aromatic carbocycles. The average Bonchev–Trinajstić information content (AvgIpc) is 2.77. The highest BCUT2D eigenvalue weighted by Gasteiger charge is 2.30. The van der Waals surface area contributed by atoms with Gasteiger partial charge in [-0.05, 0) is 31.9 Å². The molecule has 0 atom stereocenters. The molecule has 3 heterocycles. The number of rotatable bonds is 4. The molecule has 4 amide bonds. The molecule has 2 aliphatic rings. The number of pyridine rings is 1. The van der Waals surface area contributed by atoms with Crippen LogP contribution in [-0.4, -0.2) is 83.3 Å². The van der Waals surface area contributed by atoms with E-state index < -0.39 is 0 Å². The molecule has 1 aromatic heterocycles. The van der Waals surface area contributed by atoms with E-state index in [0.717, 1.165) is 24.2 Å². The summed E-state index contributed by atoms with van der Waals surface area (Å²) < 4.78 is 0. The van der Waals surface area contributed by atoms with Crippen LogP contribution in [0.4, 0.5) is 4.79 Å². The lowest BCUT2D eigenvalue weighted by Crippen LogP contribution is -2.50. The topological polar surface area (TPSA) is 85.8 Å². The fourth-order valence-corrected chi connectivity index (χ4v) is 4.09. The number of nitrogens with zero attached hydrogens (tertiary/aromatic N) is 4. The number of amides is 4. The Bertz CT molecular complexity index is 809. The first-order valence-electron chi connectivity index (χ1n) is 10.6. The number of carbonyl (C=O) groups excluding carboxylic acids is 3. The predicted octanol–water partition coefficient (Wildman–Crippen LogP) is 1.77. The molecule has 0 saturated carbocycles. The molecule has 8 heteroatoms. The van der Waals surface area contributed by atoms with Crippen LogP contribution in [0.3, 0.4) is 0 Å². The number of likely N-dealkylation sites (tertiary alicyclic amines) is 1. The Kier molecular flexibility index (Phi) is 7.07. The zero-order chi connectivity index (χ0) is 21.7. The maximum Gasteiger partial charge on any atom is 0.317 e. The molecule has 2 saturated heterocycles. The van der Waals surface area contributed by atoms with Gasteiger partial charge in [0, 0.05) is 64.3 Å². The second-order valence-corrected chi connectivity index (χ2v) is 7.92. The van der Waals surface area contributed by atoms with E-state index in [1.165, 1.54) is 0 Å². The number of piperidine rings is 1. The number of nitrogens with one attached hydrogen (secondary N) is 1. The first kappa shape index (κ1) is 21.8. The van der Waals surface area contributed by atoms with Crippen molar-refractivity contribution in [1.82, 2.24) is 25.0 Å². The molecule has 3 rings (SSSR count). The maximum atomic E-state index is 13.2. The Morgan fingerprint density at radius 3 is 2.30 bits per heavy atom. The Labute approximate surface area is 177 Å². The molecule has 30 heavy (non-hydrogen) atoms. The summed E-state index contributed by atoms with van der Waals surface area (Å²) in [7, 11) is 0. The molecule has 8 nitrogen and oxygen atoms in total. The molecule has 0 aliphatic carbocycles. The summed E-state index contributed by atoms with van der Waals surface area (Å²) in [5.41, 5.74) is 2.36. The smallest absolute Gasteiger partial charge is 0.317 e. The van der Waals surface area contributed by atoms with Gasteiger partial charge in [0.1, 0.15) is 0 Å². The Balaban J connectivity index is 1.69. The number of aryl methyl sites for hydroxylation is 1. The van der Waals surface area contributed by atoms with Crippen molar-refractivity contribution in [1.29, 1.82) is 0 Å². The summed E-state index contributed by atoms with van der Waals surface area (Å²) in [6.45, 7) is 11.0. The van der Waals surface area contributed by atoms with Crippen molar-refractivity contribution in [3.05, 3.63) is 41.7 Å². The third-order valence-corrected chi connectivity index (χ3v) is 5.87. The molecule has 0 spiro atoms. The molecule has 0 bridgehead atoms. The van der Waals surface area contributed by atoms with Crippen LogP contribution < -0.4 is 5.32 Å². The van der Waals surface area contributed by atoms with E-state index in [1.807, 2.05) is 24.0 Å². The van der Waals surface area contributed by atoms with E-state index in [4.69, 9.17) is 4.98 Å².